The highest BCUT2D eigenvalue weighted by atomic mass is 79.9. The molecule has 0 aliphatic rings. The lowest BCUT2D eigenvalue weighted by molar-refractivity contribution is 0.560. The fraction of sp³-hybridized carbons (Fsp3) is 0.222. The van der Waals surface area contributed by atoms with Crippen LogP contribution in [0.1, 0.15) is 18.8 Å². The number of benzene rings is 1. The van der Waals surface area contributed by atoms with E-state index in [4.69, 9.17) is 0 Å². The fourth-order valence-electron chi connectivity index (χ4n) is 1.32. The molecule has 9 heteroatoms. The Kier molecular flexibility index (Phi) is 3.73. The van der Waals surface area contributed by atoms with Crippen LogP contribution in [0.15, 0.2) is 33.6 Å². The van der Waals surface area contributed by atoms with Crippen LogP contribution < -0.4 is 4.72 Å². The Labute approximate surface area is 112 Å². The molecule has 2 rings (SSSR count). The second-order valence-corrected chi connectivity index (χ2v) is 6.20. The molecule has 0 fully saturated rings. The van der Waals surface area contributed by atoms with Crippen LogP contribution in [-0.2, 0) is 10.0 Å². The summed E-state index contributed by atoms with van der Waals surface area (Å²) in [6.07, 6.45) is 0. The second kappa shape index (κ2) is 5.12. The van der Waals surface area contributed by atoms with Crippen LogP contribution in [0.5, 0.6) is 0 Å². The molecule has 2 N–H and O–H groups in total. The zero-order valence-electron chi connectivity index (χ0n) is 9.33. The Hall–Kier alpha value is -1.32. The number of aromatic amines is 1. The van der Waals surface area contributed by atoms with Crippen LogP contribution in [-0.4, -0.2) is 29.0 Å². The second-order valence-electron chi connectivity index (χ2n) is 3.57. The normalized spacial score (nSPS) is 13.4. The van der Waals surface area contributed by atoms with E-state index in [9.17, 15) is 8.42 Å². The zero-order valence-corrected chi connectivity index (χ0v) is 11.7. The van der Waals surface area contributed by atoms with Gasteiger partial charge in [0.25, 0.3) is 0 Å². The summed E-state index contributed by atoms with van der Waals surface area (Å²) in [5, 5.41) is 13.1. The molecule has 1 atom stereocenters. The monoisotopic (exact) mass is 331 g/mol. The third kappa shape index (κ3) is 2.92. The van der Waals surface area contributed by atoms with Gasteiger partial charge in [-0.25, -0.2) is 13.1 Å². The number of tetrazole rings is 1. The lowest BCUT2D eigenvalue weighted by Gasteiger charge is -2.10. The van der Waals surface area contributed by atoms with Gasteiger partial charge in [0.1, 0.15) is 0 Å². The first-order valence-electron chi connectivity index (χ1n) is 5.00. The summed E-state index contributed by atoms with van der Waals surface area (Å²) >= 11 is 3.25. The number of hydrogen-bond donors (Lipinski definition) is 2. The summed E-state index contributed by atoms with van der Waals surface area (Å²) in [5.41, 5.74) is 0. The van der Waals surface area contributed by atoms with Crippen molar-refractivity contribution in [1.29, 1.82) is 0 Å². The summed E-state index contributed by atoms with van der Waals surface area (Å²) in [6.45, 7) is 1.64. The van der Waals surface area contributed by atoms with Gasteiger partial charge in [-0.3, -0.25) is 0 Å². The van der Waals surface area contributed by atoms with Crippen LogP contribution in [0.2, 0.25) is 0 Å². The average Bonchev–Trinajstić information content (AvgIpc) is 2.82. The summed E-state index contributed by atoms with van der Waals surface area (Å²) in [5.74, 6) is 0.288. The number of nitrogens with zero attached hydrogens (tertiary/aromatic N) is 3. The van der Waals surface area contributed by atoms with E-state index in [1.165, 1.54) is 12.1 Å². The van der Waals surface area contributed by atoms with E-state index in [1.807, 2.05) is 0 Å². The molecule has 0 amide bonds. The number of aromatic nitrogens is 4. The van der Waals surface area contributed by atoms with Crippen molar-refractivity contribution >= 4 is 26.0 Å². The largest absolute Gasteiger partial charge is 0.241 e. The maximum atomic E-state index is 12.0. The Balaban J connectivity index is 2.20. The number of halogens is 1. The molecule has 0 spiro atoms. The quantitative estimate of drug-likeness (QED) is 0.870. The van der Waals surface area contributed by atoms with E-state index < -0.39 is 16.1 Å². The van der Waals surface area contributed by atoms with E-state index in [-0.39, 0.29) is 10.7 Å². The standard InChI is InChI=1S/C9H10BrN5O2S/c1-6(9-11-14-15-12-9)13-18(16,17)8-4-2-7(10)3-5-8/h2-6,13H,1H3,(H,11,12,14,15). The lowest BCUT2D eigenvalue weighted by atomic mass is 10.4. The predicted octanol–water partition coefficient (Wildman–Crippen LogP) is 1.00. The Morgan fingerprint density at radius 2 is 2.00 bits per heavy atom. The topological polar surface area (TPSA) is 101 Å². The van der Waals surface area contributed by atoms with Gasteiger partial charge in [-0.05, 0) is 31.2 Å². The highest BCUT2D eigenvalue weighted by Crippen LogP contribution is 2.16. The maximum Gasteiger partial charge on any atom is 0.241 e. The van der Waals surface area contributed by atoms with Gasteiger partial charge in [-0.15, -0.1) is 10.2 Å². The molecule has 0 bridgehead atoms. The third-order valence-electron chi connectivity index (χ3n) is 2.20. The number of rotatable bonds is 4. The van der Waals surface area contributed by atoms with E-state index in [2.05, 4.69) is 41.3 Å². The summed E-state index contributed by atoms with van der Waals surface area (Å²) in [4.78, 5) is 0.182. The molecule has 1 heterocycles. The van der Waals surface area contributed by atoms with Gasteiger partial charge in [0, 0.05) is 4.47 Å². The SMILES string of the molecule is CC(NS(=O)(=O)c1ccc(Br)cc1)c1nn[nH]n1. The maximum absolute atomic E-state index is 12.0. The lowest BCUT2D eigenvalue weighted by Crippen LogP contribution is -2.27. The average molecular weight is 332 g/mol. The van der Waals surface area contributed by atoms with Crippen LogP contribution >= 0.6 is 15.9 Å². The number of hydrogen-bond acceptors (Lipinski definition) is 5. The minimum atomic E-state index is -3.59. The molecule has 0 saturated carbocycles. The highest BCUT2D eigenvalue weighted by Gasteiger charge is 2.20. The number of nitrogens with one attached hydrogen (secondary N) is 2. The van der Waals surface area contributed by atoms with Gasteiger partial charge in [-0.2, -0.15) is 5.21 Å². The Morgan fingerprint density at radius 3 is 2.56 bits per heavy atom. The van der Waals surface area contributed by atoms with Gasteiger partial charge < -0.3 is 0 Å². The molecular weight excluding hydrogens is 322 g/mol. The molecule has 96 valence electrons. The van der Waals surface area contributed by atoms with Crippen molar-refractivity contribution < 1.29 is 8.42 Å². The van der Waals surface area contributed by atoms with E-state index in [0.717, 1.165) is 4.47 Å². The molecule has 18 heavy (non-hydrogen) atoms. The molecule has 1 aromatic heterocycles. The van der Waals surface area contributed by atoms with E-state index >= 15 is 0 Å². The Bertz CT molecular complexity index is 611. The molecular formula is C9H10BrN5O2S. The van der Waals surface area contributed by atoms with Crippen LogP contribution in [0.25, 0.3) is 0 Å². The van der Waals surface area contributed by atoms with Crippen LogP contribution in [0, 0.1) is 0 Å². The fourth-order valence-corrected chi connectivity index (χ4v) is 2.79. The van der Waals surface area contributed by atoms with Crippen molar-refractivity contribution in [2.45, 2.75) is 17.9 Å². The van der Waals surface area contributed by atoms with Gasteiger partial charge >= 0.3 is 0 Å². The number of sulfonamides is 1. The van der Waals surface area contributed by atoms with Gasteiger partial charge in [-0.1, -0.05) is 21.1 Å². The van der Waals surface area contributed by atoms with Crippen molar-refractivity contribution in [2.24, 2.45) is 0 Å². The first-order chi connectivity index (χ1) is 8.49. The summed E-state index contributed by atoms with van der Waals surface area (Å²) in [6, 6.07) is 5.78. The van der Waals surface area contributed by atoms with Crippen molar-refractivity contribution in [2.75, 3.05) is 0 Å². The first-order valence-corrected chi connectivity index (χ1v) is 7.28. The molecule has 0 radical (unpaired) electrons. The van der Waals surface area contributed by atoms with Crippen molar-refractivity contribution in [3.05, 3.63) is 34.6 Å². The van der Waals surface area contributed by atoms with Crippen molar-refractivity contribution in [3.63, 3.8) is 0 Å². The van der Waals surface area contributed by atoms with E-state index in [0.29, 0.717) is 0 Å². The molecule has 0 saturated heterocycles. The highest BCUT2D eigenvalue weighted by molar-refractivity contribution is 9.10. The van der Waals surface area contributed by atoms with E-state index in [1.54, 1.807) is 19.1 Å². The van der Waals surface area contributed by atoms with Crippen molar-refractivity contribution in [3.8, 4) is 0 Å². The minimum Gasteiger partial charge on any atom is -0.207 e. The van der Waals surface area contributed by atoms with Crippen LogP contribution in [0.3, 0.4) is 0 Å². The number of H-pyrrole nitrogens is 1. The summed E-state index contributed by atoms with van der Waals surface area (Å²) in [7, 11) is -3.59. The van der Waals surface area contributed by atoms with Gasteiger partial charge in [0.05, 0.1) is 10.9 Å². The van der Waals surface area contributed by atoms with Gasteiger partial charge in [0.15, 0.2) is 5.82 Å². The molecule has 1 unspecified atom stereocenters. The zero-order chi connectivity index (χ0) is 13.2. The molecule has 0 aliphatic carbocycles. The van der Waals surface area contributed by atoms with Gasteiger partial charge in [0.2, 0.25) is 10.0 Å². The van der Waals surface area contributed by atoms with Crippen molar-refractivity contribution in [1.82, 2.24) is 25.3 Å². The molecule has 2 aromatic rings. The molecule has 0 aliphatic heterocycles. The first kappa shape index (κ1) is 13.1. The molecule has 1 aromatic carbocycles. The third-order valence-corrected chi connectivity index (χ3v) is 4.29. The minimum absolute atomic E-state index is 0.182. The summed E-state index contributed by atoms with van der Waals surface area (Å²) < 4.78 is 27.4. The smallest absolute Gasteiger partial charge is 0.207 e. The predicted molar refractivity (Wildman–Crippen MR) is 67.1 cm³/mol. The van der Waals surface area contributed by atoms with Crippen LogP contribution in [0.4, 0.5) is 0 Å². The molecule has 7 nitrogen and oxygen atoms in total. The Morgan fingerprint density at radius 1 is 1.33 bits per heavy atom.